The number of aromatic nitrogens is 2. The van der Waals surface area contributed by atoms with Gasteiger partial charge >= 0.3 is 6.09 Å². The number of imidazole rings is 1. The van der Waals surface area contributed by atoms with Gasteiger partial charge in [0.05, 0.1) is 24.9 Å². The summed E-state index contributed by atoms with van der Waals surface area (Å²) < 4.78 is 5.29. The summed E-state index contributed by atoms with van der Waals surface area (Å²) in [5.74, 6) is -0.274. The molecule has 37 heavy (non-hydrogen) atoms. The van der Waals surface area contributed by atoms with Crippen molar-refractivity contribution < 1.29 is 24.2 Å². The quantitative estimate of drug-likeness (QED) is 0.247. The van der Waals surface area contributed by atoms with Crippen molar-refractivity contribution in [3.63, 3.8) is 0 Å². The van der Waals surface area contributed by atoms with Gasteiger partial charge in [0.2, 0.25) is 11.8 Å². The van der Waals surface area contributed by atoms with E-state index in [4.69, 9.17) is 4.74 Å². The number of rotatable bonds is 15. The number of carbonyl (C=O) groups is 3. The van der Waals surface area contributed by atoms with Crippen LogP contribution in [0.3, 0.4) is 0 Å². The molecule has 0 radical (unpaired) electrons. The average molecular weight is 516 g/mol. The fourth-order valence-corrected chi connectivity index (χ4v) is 3.67. The largest absolute Gasteiger partial charge is 0.445 e. The molecular weight excluding hydrogens is 474 g/mol. The Labute approximate surface area is 219 Å². The van der Waals surface area contributed by atoms with Gasteiger partial charge in [0.15, 0.2) is 0 Å². The highest BCUT2D eigenvalue weighted by Gasteiger charge is 2.29. The molecule has 4 atom stereocenters. The number of amides is 3. The van der Waals surface area contributed by atoms with Crippen LogP contribution < -0.4 is 16.0 Å². The van der Waals surface area contributed by atoms with Crippen molar-refractivity contribution >= 4 is 17.9 Å². The van der Waals surface area contributed by atoms with Crippen LogP contribution in [0.2, 0.25) is 0 Å². The monoisotopic (exact) mass is 515 g/mol. The highest BCUT2D eigenvalue weighted by molar-refractivity contribution is 5.86. The third kappa shape index (κ3) is 11.5. The molecular formula is C27H41N5O5. The Balaban J connectivity index is 2.04. The Bertz CT molecular complexity index is 951. The molecule has 0 bridgehead atoms. The first-order valence-corrected chi connectivity index (χ1v) is 12.9. The van der Waals surface area contributed by atoms with E-state index in [1.54, 1.807) is 6.20 Å². The van der Waals surface area contributed by atoms with Crippen molar-refractivity contribution in [1.29, 1.82) is 0 Å². The molecule has 2 rings (SSSR count). The van der Waals surface area contributed by atoms with Crippen molar-refractivity contribution in [3.05, 3.63) is 54.1 Å². The van der Waals surface area contributed by atoms with Crippen LogP contribution in [0, 0.1) is 11.8 Å². The predicted molar refractivity (Wildman–Crippen MR) is 140 cm³/mol. The molecule has 10 heteroatoms. The van der Waals surface area contributed by atoms with E-state index in [-0.39, 0.29) is 31.3 Å². The second-order valence-corrected chi connectivity index (χ2v) is 9.87. The Hall–Kier alpha value is -3.40. The second kappa shape index (κ2) is 15.7. The summed E-state index contributed by atoms with van der Waals surface area (Å²) >= 11 is 0. The number of aliphatic hydroxyl groups is 1. The van der Waals surface area contributed by atoms with Gasteiger partial charge in [0.25, 0.3) is 0 Å². The maximum absolute atomic E-state index is 13.3. The molecule has 0 aliphatic rings. The van der Waals surface area contributed by atoms with Gasteiger partial charge < -0.3 is 30.8 Å². The van der Waals surface area contributed by atoms with Crippen LogP contribution in [-0.4, -0.2) is 57.7 Å². The molecule has 0 saturated carbocycles. The van der Waals surface area contributed by atoms with Gasteiger partial charge in [-0.05, 0) is 23.8 Å². The summed E-state index contributed by atoms with van der Waals surface area (Å²) in [5.41, 5.74) is 1.47. The Morgan fingerprint density at radius 2 is 1.84 bits per heavy atom. The van der Waals surface area contributed by atoms with E-state index in [2.05, 4.69) is 25.9 Å². The maximum Gasteiger partial charge on any atom is 0.408 e. The third-order valence-electron chi connectivity index (χ3n) is 6.06. The van der Waals surface area contributed by atoms with E-state index in [9.17, 15) is 19.5 Å². The first kappa shape index (κ1) is 29.8. The molecule has 0 aliphatic carbocycles. The average Bonchev–Trinajstić information content (AvgIpc) is 3.38. The van der Waals surface area contributed by atoms with Gasteiger partial charge in [-0.2, -0.15) is 0 Å². The van der Waals surface area contributed by atoms with Gasteiger partial charge in [-0.1, -0.05) is 64.4 Å². The molecule has 3 amide bonds. The smallest absolute Gasteiger partial charge is 0.408 e. The molecule has 1 heterocycles. The summed E-state index contributed by atoms with van der Waals surface area (Å²) in [6, 6.07) is 7.56. The van der Waals surface area contributed by atoms with Gasteiger partial charge in [-0.3, -0.25) is 9.59 Å². The van der Waals surface area contributed by atoms with Crippen LogP contribution in [0.15, 0.2) is 42.9 Å². The topological polar surface area (TPSA) is 145 Å². The maximum atomic E-state index is 13.3. The molecule has 5 N–H and O–H groups in total. The lowest BCUT2D eigenvalue weighted by Crippen LogP contribution is -2.54. The molecule has 0 saturated heterocycles. The number of hydrogen-bond donors (Lipinski definition) is 5. The molecule has 0 fully saturated rings. The number of aliphatic hydroxyl groups excluding tert-OH is 1. The highest BCUT2D eigenvalue weighted by Crippen LogP contribution is 2.13. The van der Waals surface area contributed by atoms with Gasteiger partial charge in [-0.25, -0.2) is 9.78 Å². The Morgan fingerprint density at radius 1 is 1.11 bits per heavy atom. The normalized spacial score (nSPS) is 14.3. The Morgan fingerprint density at radius 3 is 2.46 bits per heavy atom. The summed E-state index contributed by atoms with van der Waals surface area (Å²) in [6.45, 7) is 8.61. The number of nitrogens with zero attached hydrogens (tertiary/aromatic N) is 1. The van der Waals surface area contributed by atoms with Crippen LogP contribution in [0.25, 0.3) is 0 Å². The summed E-state index contributed by atoms with van der Waals surface area (Å²) in [5, 5.41) is 19.1. The van der Waals surface area contributed by atoms with Crippen LogP contribution in [0.1, 0.15) is 58.2 Å². The zero-order chi connectivity index (χ0) is 27.2. The summed E-state index contributed by atoms with van der Waals surface area (Å²) in [6.07, 6.45) is 2.64. The van der Waals surface area contributed by atoms with Crippen LogP contribution in [0.4, 0.5) is 4.79 Å². The number of aromatic amines is 1. The number of nitrogens with one attached hydrogen (secondary N) is 4. The molecule has 1 aromatic heterocycles. The van der Waals surface area contributed by atoms with Crippen LogP contribution in [0.5, 0.6) is 0 Å². The van der Waals surface area contributed by atoms with Gasteiger partial charge in [0, 0.05) is 24.9 Å². The SMILES string of the molecule is CC[C@H](C)CNC(=O)CC(O)C(CC(C)C)NC(=O)[C@@H](Cc1cnc[nH]1)NC(=O)OCc1ccccc1. The molecule has 2 unspecified atom stereocenters. The Kier molecular flexibility index (Phi) is 12.6. The van der Waals surface area contributed by atoms with E-state index in [1.165, 1.54) is 6.33 Å². The van der Waals surface area contributed by atoms with E-state index in [0.717, 1.165) is 12.0 Å². The summed E-state index contributed by atoms with van der Waals surface area (Å²) in [4.78, 5) is 45.1. The third-order valence-corrected chi connectivity index (χ3v) is 6.06. The number of alkyl carbamates (subject to hydrolysis) is 1. The van der Waals surface area contributed by atoms with Crippen molar-refractivity contribution in [3.8, 4) is 0 Å². The lowest BCUT2D eigenvalue weighted by atomic mass is 9.96. The van der Waals surface area contributed by atoms with Gasteiger partial charge in [0.1, 0.15) is 12.6 Å². The first-order chi connectivity index (χ1) is 17.7. The molecule has 204 valence electrons. The fraction of sp³-hybridized carbons (Fsp3) is 0.556. The zero-order valence-corrected chi connectivity index (χ0v) is 22.2. The molecule has 10 nitrogen and oxygen atoms in total. The van der Waals surface area contributed by atoms with E-state index < -0.39 is 30.2 Å². The second-order valence-electron chi connectivity index (χ2n) is 9.87. The summed E-state index contributed by atoms with van der Waals surface area (Å²) in [7, 11) is 0. The van der Waals surface area contributed by atoms with Crippen LogP contribution in [-0.2, 0) is 27.4 Å². The standard InChI is InChI=1S/C27H41N5O5/c1-5-19(4)14-29-25(34)13-24(33)22(11-18(2)3)31-26(35)23(12-21-15-28-17-30-21)32-27(36)37-16-20-9-7-6-8-10-20/h6-10,15,17-19,22-24,33H,5,11-14,16H2,1-4H3,(H,28,30)(H,29,34)(H,31,35)(H,32,36)/t19-,22?,23+,24?/m0/s1. The van der Waals surface area contributed by atoms with Crippen molar-refractivity contribution in [2.75, 3.05) is 6.54 Å². The number of carbonyl (C=O) groups excluding carboxylic acids is 3. The van der Waals surface area contributed by atoms with E-state index in [1.807, 2.05) is 58.0 Å². The van der Waals surface area contributed by atoms with Crippen molar-refractivity contribution in [1.82, 2.24) is 25.9 Å². The molecule has 1 aromatic carbocycles. The lowest BCUT2D eigenvalue weighted by molar-refractivity contribution is -0.127. The lowest BCUT2D eigenvalue weighted by Gasteiger charge is -2.28. The van der Waals surface area contributed by atoms with E-state index in [0.29, 0.717) is 24.6 Å². The number of H-pyrrole nitrogens is 1. The number of benzene rings is 1. The fourth-order valence-electron chi connectivity index (χ4n) is 3.67. The van der Waals surface area contributed by atoms with Crippen molar-refractivity contribution in [2.45, 2.75) is 78.2 Å². The predicted octanol–water partition coefficient (Wildman–Crippen LogP) is 2.69. The minimum Gasteiger partial charge on any atom is -0.445 e. The highest BCUT2D eigenvalue weighted by atomic mass is 16.5. The first-order valence-electron chi connectivity index (χ1n) is 12.9. The minimum absolute atomic E-state index is 0.0610. The van der Waals surface area contributed by atoms with Gasteiger partial charge in [-0.15, -0.1) is 0 Å². The number of ether oxygens (including phenoxy) is 1. The molecule has 0 aliphatic heterocycles. The van der Waals surface area contributed by atoms with Crippen molar-refractivity contribution in [2.24, 2.45) is 11.8 Å². The molecule has 0 spiro atoms. The molecule has 2 aromatic rings. The minimum atomic E-state index is -1.08. The number of hydrogen-bond acceptors (Lipinski definition) is 6. The van der Waals surface area contributed by atoms with Crippen LogP contribution >= 0.6 is 0 Å². The van der Waals surface area contributed by atoms with E-state index >= 15 is 0 Å². The zero-order valence-electron chi connectivity index (χ0n) is 22.2.